The second kappa shape index (κ2) is 5.87. The van der Waals surface area contributed by atoms with Crippen molar-refractivity contribution in [1.82, 2.24) is 9.80 Å². The average molecular weight is 255 g/mol. The highest BCUT2D eigenvalue weighted by atomic mass is 16.5. The van der Waals surface area contributed by atoms with Gasteiger partial charge in [-0.15, -0.1) is 0 Å². The molecule has 2 rings (SSSR count). The van der Waals surface area contributed by atoms with E-state index >= 15 is 0 Å². The molecule has 0 aromatic rings. The number of nitrogens with zero attached hydrogens (tertiary/aromatic N) is 2. The van der Waals surface area contributed by atoms with Crippen LogP contribution in [0.3, 0.4) is 0 Å². The van der Waals surface area contributed by atoms with E-state index in [1.807, 2.05) is 0 Å². The number of hydrogen-bond acceptors (Lipinski definition) is 4. The summed E-state index contributed by atoms with van der Waals surface area (Å²) in [6.45, 7) is 9.75. The lowest BCUT2D eigenvalue weighted by atomic mass is 9.94. The summed E-state index contributed by atoms with van der Waals surface area (Å²) in [6, 6.07) is 0.601. The lowest BCUT2D eigenvalue weighted by molar-refractivity contribution is -0.0355. The third-order valence-corrected chi connectivity index (χ3v) is 4.49. The Labute approximate surface area is 111 Å². The van der Waals surface area contributed by atoms with Crippen molar-refractivity contribution in [2.45, 2.75) is 50.8 Å². The number of nitrogens with two attached hydrogens (primary N) is 1. The Balaban J connectivity index is 1.96. The van der Waals surface area contributed by atoms with E-state index in [0.717, 1.165) is 39.2 Å². The van der Waals surface area contributed by atoms with Crippen LogP contribution in [-0.4, -0.2) is 67.3 Å². The van der Waals surface area contributed by atoms with E-state index in [9.17, 15) is 0 Å². The summed E-state index contributed by atoms with van der Waals surface area (Å²) in [5, 5.41) is 0. The maximum atomic E-state index is 5.79. The zero-order chi connectivity index (χ0) is 13.2. The topological polar surface area (TPSA) is 41.7 Å². The van der Waals surface area contributed by atoms with Gasteiger partial charge in [-0.05, 0) is 46.7 Å². The second-order valence-electron chi connectivity index (χ2n) is 6.50. The third kappa shape index (κ3) is 3.23. The molecule has 0 bridgehead atoms. The van der Waals surface area contributed by atoms with E-state index in [1.165, 1.54) is 12.8 Å². The zero-order valence-corrected chi connectivity index (χ0v) is 12.2. The molecule has 18 heavy (non-hydrogen) atoms. The predicted octanol–water partition coefficient (Wildman–Crippen LogP) is 0.909. The van der Waals surface area contributed by atoms with Gasteiger partial charge < -0.3 is 15.4 Å². The smallest absolute Gasteiger partial charge is 0.0703 e. The van der Waals surface area contributed by atoms with E-state index in [-0.39, 0.29) is 5.54 Å². The maximum absolute atomic E-state index is 5.79. The highest BCUT2D eigenvalue weighted by Crippen LogP contribution is 2.26. The summed E-state index contributed by atoms with van der Waals surface area (Å²) in [5.41, 5.74) is 5.97. The number of ether oxygens (including phenoxy) is 1. The molecule has 2 fully saturated rings. The second-order valence-corrected chi connectivity index (χ2v) is 6.50. The third-order valence-electron chi connectivity index (χ3n) is 4.49. The molecule has 2 heterocycles. The minimum absolute atomic E-state index is 0.242. The first-order valence-corrected chi connectivity index (χ1v) is 7.30. The SMILES string of the molecule is CN1CC(C)(C)N(CC2CCCO2)CC1CCN. The van der Waals surface area contributed by atoms with Gasteiger partial charge in [-0.2, -0.15) is 0 Å². The quantitative estimate of drug-likeness (QED) is 0.811. The Kier molecular flexibility index (Phi) is 4.64. The normalized spacial score (nSPS) is 34.0. The van der Waals surface area contributed by atoms with Gasteiger partial charge in [0.15, 0.2) is 0 Å². The molecule has 2 aliphatic heterocycles. The zero-order valence-electron chi connectivity index (χ0n) is 12.2. The number of piperazine rings is 1. The van der Waals surface area contributed by atoms with E-state index in [1.54, 1.807) is 0 Å². The van der Waals surface area contributed by atoms with Crippen LogP contribution in [0.1, 0.15) is 33.1 Å². The first-order chi connectivity index (χ1) is 8.53. The first kappa shape index (κ1) is 14.3. The molecule has 2 saturated heterocycles. The van der Waals surface area contributed by atoms with Crippen molar-refractivity contribution in [3.05, 3.63) is 0 Å². The van der Waals surface area contributed by atoms with Gasteiger partial charge in [0.25, 0.3) is 0 Å². The maximum Gasteiger partial charge on any atom is 0.0703 e. The standard InChI is InChI=1S/C14H29N3O/c1-14(2)11-16(3)12(6-7-15)9-17(14)10-13-5-4-8-18-13/h12-13H,4-11,15H2,1-3H3. The Morgan fingerprint density at radius 1 is 1.39 bits per heavy atom. The van der Waals surface area contributed by atoms with Crippen LogP contribution < -0.4 is 5.73 Å². The summed E-state index contributed by atoms with van der Waals surface area (Å²) >= 11 is 0. The molecule has 2 N–H and O–H groups in total. The summed E-state index contributed by atoms with van der Waals surface area (Å²) in [5.74, 6) is 0. The molecule has 0 amide bonds. The van der Waals surface area contributed by atoms with Gasteiger partial charge >= 0.3 is 0 Å². The van der Waals surface area contributed by atoms with Crippen LogP contribution >= 0.6 is 0 Å². The first-order valence-electron chi connectivity index (χ1n) is 7.30. The van der Waals surface area contributed by atoms with E-state index < -0.39 is 0 Å². The monoisotopic (exact) mass is 255 g/mol. The number of hydrogen-bond donors (Lipinski definition) is 1. The van der Waals surface area contributed by atoms with Gasteiger partial charge in [-0.3, -0.25) is 4.90 Å². The fourth-order valence-electron chi connectivity index (χ4n) is 3.34. The van der Waals surface area contributed by atoms with Gasteiger partial charge in [0.05, 0.1) is 6.10 Å². The van der Waals surface area contributed by atoms with Crippen LogP contribution in [-0.2, 0) is 4.74 Å². The predicted molar refractivity (Wildman–Crippen MR) is 74.7 cm³/mol. The molecule has 0 radical (unpaired) electrons. The van der Waals surface area contributed by atoms with Crippen molar-refractivity contribution < 1.29 is 4.74 Å². The van der Waals surface area contributed by atoms with E-state index in [4.69, 9.17) is 10.5 Å². The Bertz CT molecular complexity index is 264. The molecule has 0 aromatic heterocycles. The van der Waals surface area contributed by atoms with Crippen LogP contribution in [0.25, 0.3) is 0 Å². The molecule has 2 unspecified atom stereocenters. The van der Waals surface area contributed by atoms with Gasteiger partial charge in [0.2, 0.25) is 0 Å². The summed E-state index contributed by atoms with van der Waals surface area (Å²) < 4.78 is 5.79. The largest absolute Gasteiger partial charge is 0.377 e. The molecule has 4 heteroatoms. The van der Waals surface area contributed by atoms with E-state index in [0.29, 0.717) is 12.1 Å². The van der Waals surface area contributed by atoms with Crippen molar-refractivity contribution in [2.75, 3.05) is 39.8 Å². The molecule has 106 valence electrons. The van der Waals surface area contributed by atoms with Gasteiger partial charge in [0.1, 0.15) is 0 Å². The minimum Gasteiger partial charge on any atom is -0.377 e. The summed E-state index contributed by atoms with van der Waals surface area (Å²) in [6.07, 6.45) is 4.00. The molecule has 0 saturated carbocycles. The summed E-state index contributed by atoms with van der Waals surface area (Å²) in [4.78, 5) is 5.09. The Morgan fingerprint density at radius 3 is 2.78 bits per heavy atom. The molecule has 2 atom stereocenters. The Morgan fingerprint density at radius 2 is 2.17 bits per heavy atom. The van der Waals surface area contributed by atoms with Gasteiger partial charge in [-0.25, -0.2) is 0 Å². The van der Waals surface area contributed by atoms with Crippen LogP contribution in [0.2, 0.25) is 0 Å². The molecule has 4 nitrogen and oxygen atoms in total. The van der Waals surface area contributed by atoms with Crippen LogP contribution in [0.15, 0.2) is 0 Å². The average Bonchev–Trinajstić information content (AvgIpc) is 2.77. The van der Waals surface area contributed by atoms with Crippen molar-refractivity contribution >= 4 is 0 Å². The molecule has 2 aliphatic rings. The van der Waals surface area contributed by atoms with E-state index in [2.05, 4.69) is 30.7 Å². The van der Waals surface area contributed by atoms with Crippen LogP contribution in [0.4, 0.5) is 0 Å². The lowest BCUT2D eigenvalue weighted by Crippen LogP contribution is -2.63. The number of likely N-dealkylation sites (N-methyl/N-ethyl adjacent to an activating group) is 1. The van der Waals surface area contributed by atoms with Gasteiger partial charge in [0, 0.05) is 37.8 Å². The molecule has 0 spiro atoms. The Hall–Kier alpha value is -0.160. The van der Waals surface area contributed by atoms with Crippen molar-refractivity contribution in [3.8, 4) is 0 Å². The molecular formula is C14H29N3O. The van der Waals surface area contributed by atoms with Crippen molar-refractivity contribution in [2.24, 2.45) is 5.73 Å². The van der Waals surface area contributed by atoms with Crippen molar-refractivity contribution in [3.63, 3.8) is 0 Å². The molecular weight excluding hydrogens is 226 g/mol. The van der Waals surface area contributed by atoms with Gasteiger partial charge in [-0.1, -0.05) is 0 Å². The summed E-state index contributed by atoms with van der Waals surface area (Å²) in [7, 11) is 2.23. The molecule has 0 aromatic carbocycles. The van der Waals surface area contributed by atoms with Crippen LogP contribution in [0, 0.1) is 0 Å². The van der Waals surface area contributed by atoms with Crippen LogP contribution in [0.5, 0.6) is 0 Å². The highest BCUT2D eigenvalue weighted by Gasteiger charge is 2.38. The fourth-order valence-corrected chi connectivity index (χ4v) is 3.34. The van der Waals surface area contributed by atoms with Crippen molar-refractivity contribution in [1.29, 1.82) is 0 Å². The fraction of sp³-hybridized carbons (Fsp3) is 1.00. The molecule has 0 aliphatic carbocycles. The highest BCUT2D eigenvalue weighted by molar-refractivity contribution is 4.95. The number of rotatable bonds is 4. The lowest BCUT2D eigenvalue weighted by Gasteiger charge is -2.50. The minimum atomic E-state index is 0.242.